The molecule has 2 heteroatoms. The summed E-state index contributed by atoms with van der Waals surface area (Å²) in [5.74, 6) is 0.717. The molecule has 0 radical (unpaired) electrons. The third-order valence-corrected chi connectivity index (χ3v) is 2.93. The molecule has 0 bridgehead atoms. The normalized spacial score (nSPS) is 22.7. The van der Waals surface area contributed by atoms with Crippen LogP contribution >= 0.6 is 11.6 Å². The Kier molecular flexibility index (Phi) is 4.46. The first kappa shape index (κ1) is 9.86. The molecule has 0 aromatic rings. The quantitative estimate of drug-likeness (QED) is 0.478. The molecule has 1 atom stereocenters. The first-order valence-corrected chi connectivity index (χ1v) is 5.30. The zero-order chi connectivity index (χ0) is 8.81. The SMILES string of the molecule is N#CC(Cl)CC1CCCCCC1. The van der Waals surface area contributed by atoms with Gasteiger partial charge in [-0.3, -0.25) is 0 Å². The van der Waals surface area contributed by atoms with Crippen LogP contribution in [-0.2, 0) is 0 Å². The zero-order valence-electron chi connectivity index (χ0n) is 7.43. The van der Waals surface area contributed by atoms with Crippen molar-refractivity contribution in [2.24, 2.45) is 5.92 Å². The van der Waals surface area contributed by atoms with Crippen molar-refractivity contribution < 1.29 is 0 Å². The lowest BCUT2D eigenvalue weighted by Crippen LogP contribution is -2.06. The second-order valence-corrected chi connectivity index (χ2v) is 4.22. The predicted octanol–water partition coefficient (Wildman–Crippen LogP) is 3.48. The summed E-state index contributed by atoms with van der Waals surface area (Å²) in [4.78, 5) is 0. The molecular formula is C10H16ClN. The molecule has 0 aliphatic heterocycles. The molecule has 1 fully saturated rings. The van der Waals surface area contributed by atoms with Crippen molar-refractivity contribution in [2.45, 2.75) is 50.3 Å². The molecule has 0 saturated heterocycles. The molecule has 0 amide bonds. The Hall–Kier alpha value is -0.220. The van der Waals surface area contributed by atoms with Crippen LogP contribution in [0.2, 0.25) is 0 Å². The van der Waals surface area contributed by atoms with Gasteiger partial charge in [-0.1, -0.05) is 38.5 Å². The summed E-state index contributed by atoms with van der Waals surface area (Å²) in [5.41, 5.74) is 0. The number of alkyl halides is 1. The molecule has 0 aromatic heterocycles. The van der Waals surface area contributed by atoms with E-state index in [0.717, 1.165) is 12.3 Å². The Bertz CT molecular complexity index is 154. The second kappa shape index (κ2) is 5.43. The van der Waals surface area contributed by atoms with E-state index in [4.69, 9.17) is 16.9 Å². The van der Waals surface area contributed by atoms with Crippen LogP contribution in [0.15, 0.2) is 0 Å². The maximum Gasteiger partial charge on any atom is 0.120 e. The zero-order valence-corrected chi connectivity index (χ0v) is 8.19. The van der Waals surface area contributed by atoms with Crippen LogP contribution in [0, 0.1) is 17.2 Å². The Morgan fingerprint density at radius 3 is 2.33 bits per heavy atom. The van der Waals surface area contributed by atoms with E-state index in [9.17, 15) is 0 Å². The van der Waals surface area contributed by atoms with Gasteiger partial charge in [0.05, 0.1) is 6.07 Å². The number of rotatable bonds is 2. The Balaban J connectivity index is 2.25. The predicted molar refractivity (Wildman–Crippen MR) is 51.1 cm³/mol. The van der Waals surface area contributed by atoms with Crippen molar-refractivity contribution in [3.8, 4) is 6.07 Å². The van der Waals surface area contributed by atoms with E-state index in [0.29, 0.717) is 0 Å². The number of hydrogen-bond acceptors (Lipinski definition) is 1. The fourth-order valence-corrected chi connectivity index (χ4v) is 2.20. The summed E-state index contributed by atoms with van der Waals surface area (Å²) in [7, 11) is 0. The van der Waals surface area contributed by atoms with Gasteiger partial charge < -0.3 is 0 Å². The van der Waals surface area contributed by atoms with Crippen molar-refractivity contribution in [1.29, 1.82) is 5.26 Å². The van der Waals surface area contributed by atoms with Gasteiger partial charge in [0.15, 0.2) is 0 Å². The summed E-state index contributed by atoms with van der Waals surface area (Å²) in [6.07, 6.45) is 8.87. The molecule has 0 N–H and O–H groups in total. The van der Waals surface area contributed by atoms with Gasteiger partial charge in [0.25, 0.3) is 0 Å². The topological polar surface area (TPSA) is 23.8 Å². The molecule has 12 heavy (non-hydrogen) atoms. The monoisotopic (exact) mass is 185 g/mol. The van der Waals surface area contributed by atoms with Gasteiger partial charge in [-0.2, -0.15) is 5.26 Å². The Morgan fingerprint density at radius 2 is 1.83 bits per heavy atom. The van der Waals surface area contributed by atoms with Gasteiger partial charge in [0, 0.05) is 0 Å². The average Bonchev–Trinajstić information content (AvgIpc) is 2.33. The molecule has 1 nitrogen and oxygen atoms in total. The van der Waals surface area contributed by atoms with Crippen LogP contribution < -0.4 is 0 Å². The third kappa shape index (κ3) is 3.45. The highest BCUT2D eigenvalue weighted by Gasteiger charge is 2.15. The van der Waals surface area contributed by atoms with E-state index in [1.807, 2.05) is 0 Å². The van der Waals surface area contributed by atoms with Crippen molar-refractivity contribution in [3.05, 3.63) is 0 Å². The lowest BCUT2D eigenvalue weighted by Gasteiger charge is -2.13. The first-order chi connectivity index (χ1) is 5.83. The highest BCUT2D eigenvalue weighted by Crippen LogP contribution is 2.27. The highest BCUT2D eigenvalue weighted by atomic mass is 35.5. The minimum absolute atomic E-state index is 0.256. The van der Waals surface area contributed by atoms with Gasteiger partial charge in [0.1, 0.15) is 5.38 Å². The first-order valence-electron chi connectivity index (χ1n) is 4.86. The largest absolute Gasteiger partial charge is 0.197 e. The maximum atomic E-state index is 8.55. The van der Waals surface area contributed by atoms with Crippen LogP contribution in [0.1, 0.15) is 44.9 Å². The fraction of sp³-hybridized carbons (Fsp3) is 0.900. The summed E-state index contributed by atoms with van der Waals surface area (Å²) in [6.45, 7) is 0. The molecule has 0 heterocycles. The number of hydrogen-bond donors (Lipinski definition) is 0. The summed E-state index contributed by atoms with van der Waals surface area (Å²) >= 11 is 5.79. The van der Waals surface area contributed by atoms with E-state index in [1.54, 1.807) is 0 Å². The van der Waals surface area contributed by atoms with E-state index < -0.39 is 0 Å². The Morgan fingerprint density at radius 1 is 1.25 bits per heavy atom. The average molecular weight is 186 g/mol. The number of nitrogens with zero attached hydrogens (tertiary/aromatic N) is 1. The molecule has 1 aliphatic rings. The minimum atomic E-state index is -0.256. The molecular weight excluding hydrogens is 170 g/mol. The van der Waals surface area contributed by atoms with Crippen molar-refractivity contribution >= 4 is 11.6 Å². The van der Waals surface area contributed by atoms with E-state index in [2.05, 4.69) is 6.07 Å². The molecule has 1 aliphatic carbocycles. The molecule has 0 spiro atoms. The summed E-state index contributed by atoms with van der Waals surface area (Å²) in [6, 6.07) is 2.10. The third-order valence-electron chi connectivity index (χ3n) is 2.66. The van der Waals surface area contributed by atoms with Crippen molar-refractivity contribution in [2.75, 3.05) is 0 Å². The van der Waals surface area contributed by atoms with Gasteiger partial charge in [-0.15, -0.1) is 11.6 Å². The van der Waals surface area contributed by atoms with Crippen LogP contribution in [0.3, 0.4) is 0 Å². The molecule has 1 rings (SSSR count). The van der Waals surface area contributed by atoms with Crippen LogP contribution in [-0.4, -0.2) is 5.38 Å². The molecule has 1 unspecified atom stereocenters. The highest BCUT2D eigenvalue weighted by molar-refractivity contribution is 6.22. The molecule has 1 saturated carbocycles. The van der Waals surface area contributed by atoms with Crippen LogP contribution in [0.5, 0.6) is 0 Å². The van der Waals surface area contributed by atoms with Crippen LogP contribution in [0.25, 0.3) is 0 Å². The fourth-order valence-electron chi connectivity index (χ4n) is 1.94. The van der Waals surface area contributed by atoms with Gasteiger partial charge >= 0.3 is 0 Å². The van der Waals surface area contributed by atoms with Gasteiger partial charge in [0.2, 0.25) is 0 Å². The lowest BCUT2D eigenvalue weighted by atomic mass is 9.95. The number of nitriles is 1. The lowest BCUT2D eigenvalue weighted by molar-refractivity contribution is 0.435. The number of halogens is 1. The summed E-state index contributed by atoms with van der Waals surface area (Å²) in [5, 5.41) is 8.30. The van der Waals surface area contributed by atoms with Crippen molar-refractivity contribution in [1.82, 2.24) is 0 Å². The summed E-state index contributed by atoms with van der Waals surface area (Å²) < 4.78 is 0. The molecule has 68 valence electrons. The van der Waals surface area contributed by atoms with E-state index in [1.165, 1.54) is 38.5 Å². The van der Waals surface area contributed by atoms with Crippen molar-refractivity contribution in [3.63, 3.8) is 0 Å². The standard InChI is InChI=1S/C10H16ClN/c11-10(8-12)7-9-5-3-1-2-4-6-9/h9-10H,1-7H2. The smallest absolute Gasteiger partial charge is 0.120 e. The minimum Gasteiger partial charge on any atom is -0.197 e. The second-order valence-electron chi connectivity index (χ2n) is 3.69. The van der Waals surface area contributed by atoms with E-state index in [-0.39, 0.29) is 5.38 Å². The van der Waals surface area contributed by atoms with Gasteiger partial charge in [-0.25, -0.2) is 0 Å². The maximum absolute atomic E-state index is 8.55. The molecule has 0 aromatic carbocycles. The van der Waals surface area contributed by atoms with Crippen LogP contribution in [0.4, 0.5) is 0 Å². The van der Waals surface area contributed by atoms with E-state index >= 15 is 0 Å². The van der Waals surface area contributed by atoms with Gasteiger partial charge in [-0.05, 0) is 12.3 Å². The Labute approximate surface area is 79.7 Å².